The first-order chi connectivity index (χ1) is 9.79. The fourth-order valence-corrected chi connectivity index (χ4v) is 2.72. The molecule has 1 heterocycles. The third kappa shape index (κ3) is 2.32. The molecule has 0 aliphatic heterocycles. The largest absolute Gasteiger partial charge is 0.396 e. The first kappa shape index (κ1) is 12.9. The number of rotatable bonds is 4. The summed E-state index contributed by atoms with van der Waals surface area (Å²) < 4.78 is 13.5. The Morgan fingerprint density at radius 1 is 1.10 bits per heavy atom. The van der Waals surface area contributed by atoms with Crippen LogP contribution in [0.15, 0.2) is 54.7 Å². The molecule has 2 aromatic carbocycles. The van der Waals surface area contributed by atoms with E-state index < -0.39 is 0 Å². The normalized spacial score (nSPS) is 12.7. The maximum absolute atomic E-state index is 13.5. The minimum absolute atomic E-state index is 0.0664. The Bertz CT molecular complexity index is 705. The van der Waals surface area contributed by atoms with E-state index >= 15 is 0 Å². The van der Waals surface area contributed by atoms with E-state index in [9.17, 15) is 9.50 Å². The van der Waals surface area contributed by atoms with Gasteiger partial charge in [-0.05, 0) is 35.7 Å². The van der Waals surface area contributed by atoms with Crippen molar-refractivity contribution in [2.45, 2.75) is 12.3 Å². The zero-order chi connectivity index (χ0) is 13.9. The second-order valence-electron chi connectivity index (χ2n) is 4.91. The zero-order valence-corrected chi connectivity index (χ0v) is 11.0. The minimum Gasteiger partial charge on any atom is -0.396 e. The van der Waals surface area contributed by atoms with Crippen LogP contribution in [-0.4, -0.2) is 16.7 Å². The van der Waals surface area contributed by atoms with Crippen LogP contribution in [0.5, 0.6) is 0 Å². The summed E-state index contributed by atoms with van der Waals surface area (Å²) >= 11 is 0. The smallest absolute Gasteiger partial charge is 0.123 e. The van der Waals surface area contributed by atoms with Gasteiger partial charge in [0.1, 0.15) is 5.82 Å². The Morgan fingerprint density at radius 2 is 1.90 bits per heavy atom. The molecule has 20 heavy (non-hydrogen) atoms. The summed E-state index contributed by atoms with van der Waals surface area (Å²) in [5, 5.41) is 10.2. The van der Waals surface area contributed by atoms with Gasteiger partial charge in [-0.1, -0.05) is 30.3 Å². The number of aromatic nitrogens is 1. The van der Waals surface area contributed by atoms with Gasteiger partial charge < -0.3 is 10.1 Å². The SMILES string of the molecule is OCCC(c1ccccc1)c1c[nH]c2ccc(F)cc12. The number of fused-ring (bicyclic) bond motifs is 1. The van der Waals surface area contributed by atoms with Crippen LogP contribution < -0.4 is 0 Å². The molecule has 1 atom stereocenters. The molecule has 0 fully saturated rings. The fourth-order valence-electron chi connectivity index (χ4n) is 2.72. The van der Waals surface area contributed by atoms with E-state index in [4.69, 9.17) is 0 Å². The molecule has 102 valence electrons. The van der Waals surface area contributed by atoms with Gasteiger partial charge in [0, 0.05) is 29.6 Å². The monoisotopic (exact) mass is 269 g/mol. The van der Waals surface area contributed by atoms with E-state index in [0.717, 1.165) is 22.0 Å². The maximum atomic E-state index is 13.5. The highest BCUT2D eigenvalue weighted by atomic mass is 19.1. The predicted molar refractivity (Wildman–Crippen MR) is 78.2 cm³/mol. The summed E-state index contributed by atoms with van der Waals surface area (Å²) in [6.07, 6.45) is 2.53. The van der Waals surface area contributed by atoms with Crippen molar-refractivity contribution in [1.29, 1.82) is 0 Å². The fraction of sp³-hybridized carbons (Fsp3) is 0.176. The second-order valence-corrected chi connectivity index (χ2v) is 4.91. The quantitative estimate of drug-likeness (QED) is 0.742. The number of halogens is 1. The van der Waals surface area contributed by atoms with E-state index in [0.29, 0.717) is 6.42 Å². The maximum Gasteiger partial charge on any atom is 0.123 e. The molecule has 0 saturated carbocycles. The number of aliphatic hydroxyl groups excluding tert-OH is 1. The molecule has 0 aliphatic rings. The van der Waals surface area contributed by atoms with Crippen molar-refractivity contribution in [3.8, 4) is 0 Å². The number of benzene rings is 2. The van der Waals surface area contributed by atoms with E-state index in [1.165, 1.54) is 6.07 Å². The van der Waals surface area contributed by atoms with Crippen LogP contribution in [0.3, 0.4) is 0 Å². The highest BCUT2D eigenvalue weighted by Gasteiger charge is 2.17. The Labute approximate surface area is 116 Å². The van der Waals surface area contributed by atoms with Crippen molar-refractivity contribution in [1.82, 2.24) is 4.98 Å². The molecule has 1 unspecified atom stereocenters. The predicted octanol–water partition coefficient (Wildman–Crippen LogP) is 3.82. The van der Waals surface area contributed by atoms with E-state index in [2.05, 4.69) is 4.98 Å². The Morgan fingerprint density at radius 3 is 2.65 bits per heavy atom. The van der Waals surface area contributed by atoms with Crippen LogP contribution >= 0.6 is 0 Å². The van der Waals surface area contributed by atoms with Gasteiger partial charge in [-0.2, -0.15) is 0 Å². The summed E-state index contributed by atoms with van der Waals surface area (Å²) in [7, 11) is 0. The summed E-state index contributed by atoms with van der Waals surface area (Å²) in [6.45, 7) is 0.0988. The van der Waals surface area contributed by atoms with Gasteiger partial charge in [-0.25, -0.2) is 4.39 Å². The molecule has 3 rings (SSSR count). The number of nitrogens with one attached hydrogen (secondary N) is 1. The van der Waals surface area contributed by atoms with Crippen LogP contribution in [0, 0.1) is 5.82 Å². The van der Waals surface area contributed by atoms with Crippen LogP contribution in [0.1, 0.15) is 23.5 Å². The van der Waals surface area contributed by atoms with Crippen LogP contribution in [0.2, 0.25) is 0 Å². The van der Waals surface area contributed by atoms with Gasteiger partial charge in [0.2, 0.25) is 0 Å². The average molecular weight is 269 g/mol. The number of hydrogen-bond acceptors (Lipinski definition) is 1. The number of H-pyrrole nitrogens is 1. The van der Waals surface area contributed by atoms with Gasteiger partial charge in [0.15, 0.2) is 0 Å². The van der Waals surface area contributed by atoms with Gasteiger partial charge in [-0.15, -0.1) is 0 Å². The lowest BCUT2D eigenvalue weighted by molar-refractivity contribution is 0.282. The average Bonchev–Trinajstić information content (AvgIpc) is 2.88. The van der Waals surface area contributed by atoms with Crippen molar-refractivity contribution in [2.24, 2.45) is 0 Å². The molecule has 2 N–H and O–H groups in total. The van der Waals surface area contributed by atoms with E-state index in [1.54, 1.807) is 12.1 Å². The molecule has 0 saturated heterocycles. The Hall–Kier alpha value is -2.13. The molecule has 3 heteroatoms. The number of aliphatic hydroxyl groups is 1. The summed E-state index contributed by atoms with van der Waals surface area (Å²) in [5.74, 6) is -0.175. The van der Waals surface area contributed by atoms with Crippen molar-refractivity contribution < 1.29 is 9.50 Å². The minimum atomic E-state index is -0.242. The molecule has 3 aromatic rings. The van der Waals surface area contributed by atoms with Crippen molar-refractivity contribution in [3.63, 3.8) is 0 Å². The lowest BCUT2D eigenvalue weighted by Crippen LogP contribution is -2.03. The van der Waals surface area contributed by atoms with Gasteiger partial charge >= 0.3 is 0 Å². The molecule has 0 bridgehead atoms. The lowest BCUT2D eigenvalue weighted by Gasteiger charge is -2.16. The molecule has 0 radical (unpaired) electrons. The van der Waals surface area contributed by atoms with E-state index in [-0.39, 0.29) is 18.3 Å². The molecular weight excluding hydrogens is 253 g/mol. The Kier molecular flexibility index (Phi) is 3.52. The van der Waals surface area contributed by atoms with Crippen molar-refractivity contribution >= 4 is 10.9 Å². The highest BCUT2D eigenvalue weighted by molar-refractivity contribution is 5.84. The summed E-state index contributed by atoms with van der Waals surface area (Å²) in [6, 6.07) is 14.8. The number of aromatic amines is 1. The van der Waals surface area contributed by atoms with Crippen LogP contribution in [0.4, 0.5) is 4.39 Å². The molecule has 0 aliphatic carbocycles. The Balaban J connectivity index is 2.12. The summed E-state index contributed by atoms with van der Waals surface area (Å²) in [5.41, 5.74) is 3.08. The van der Waals surface area contributed by atoms with Crippen LogP contribution in [0.25, 0.3) is 10.9 Å². The third-order valence-corrected chi connectivity index (χ3v) is 3.67. The molecule has 0 spiro atoms. The van der Waals surface area contributed by atoms with Crippen molar-refractivity contribution in [2.75, 3.05) is 6.61 Å². The molecule has 2 nitrogen and oxygen atoms in total. The molecular formula is C17H16FNO. The highest BCUT2D eigenvalue weighted by Crippen LogP contribution is 2.33. The topological polar surface area (TPSA) is 36.0 Å². The van der Waals surface area contributed by atoms with E-state index in [1.807, 2.05) is 36.5 Å². The standard InChI is InChI=1S/C17H16FNO/c18-13-6-7-17-15(10-13)16(11-19-17)14(8-9-20)12-4-2-1-3-5-12/h1-7,10-11,14,19-20H,8-9H2. The summed E-state index contributed by atoms with van der Waals surface area (Å²) in [4.78, 5) is 3.18. The third-order valence-electron chi connectivity index (χ3n) is 3.67. The number of hydrogen-bond donors (Lipinski definition) is 2. The first-order valence-electron chi connectivity index (χ1n) is 6.72. The van der Waals surface area contributed by atoms with Crippen LogP contribution in [-0.2, 0) is 0 Å². The lowest BCUT2D eigenvalue weighted by atomic mass is 9.88. The van der Waals surface area contributed by atoms with Gasteiger partial charge in [-0.3, -0.25) is 0 Å². The zero-order valence-electron chi connectivity index (χ0n) is 11.0. The molecule has 1 aromatic heterocycles. The molecule has 0 amide bonds. The van der Waals surface area contributed by atoms with Gasteiger partial charge in [0.05, 0.1) is 0 Å². The second kappa shape index (κ2) is 5.47. The first-order valence-corrected chi connectivity index (χ1v) is 6.72. The van der Waals surface area contributed by atoms with Gasteiger partial charge in [0.25, 0.3) is 0 Å². The van der Waals surface area contributed by atoms with Crippen molar-refractivity contribution in [3.05, 3.63) is 71.7 Å².